The van der Waals surface area contributed by atoms with Crippen LogP contribution in [0.2, 0.25) is 0 Å². The number of aliphatic hydroxyl groups excluding tert-OH is 1. The van der Waals surface area contributed by atoms with E-state index in [0.717, 1.165) is 24.3 Å². The van der Waals surface area contributed by atoms with Crippen molar-refractivity contribution in [2.24, 2.45) is 11.8 Å². The normalized spacial score (nSPS) is 25.4. The zero-order chi connectivity index (χ0) is 13.0. The first-order valence-electron chi connectivity index (χ1n) is 6.92. The van der Waals surface area contributed by atoms with Crippen LogP contribution in [0.3, 0.4) is 0 Å². The van der Waals surface area contributed by atoms with E-state index in [0.29, 0.717) is 11.5 Å². The Morgan fingerprint density at radius 2 is 2.28 bits per heavy atom. The van der Waals surface area contributed by atoms with Crippen LogP contribution >= 0.6 is 0 Å². The van der Waals surface area contributed by atoms with Crippen LogP contribution in [0, 0.1) is 23.2 Å². The van der Waals surface area contributed by atoms with Crippen molar-refractivity contribution >= 4 is 0 Å². The highest BCUT2D eigenvalue weighted by atomic mass is 16.3. The Morgan fingerprint density at radius 3 is 3.00 bits per heavy atom. The first-order valence-corrected chi connectivity index (χ1v) is 6.92. The summed E-state index contributed by atoms with van der Waals surface area (Å²) >= 11 is 0. The average Bonchev–Trinajstić information content (AvgIpc) is 2.46. The molecular formula is C16H21NO. The Balaban J connectivity index is 2.10. The molecule has 1 saturated carbocycles. The first-order chi connectivity index (χ1) is 8.74. The second kappa shape index (κ2) is 6.02. The lowest BCUT2D eigenvalue weighted by Crippen LogP contribution is -2.21. The van der Waals surface area contributed by atoms with E-state index in [1.165, 1.54) is 19.3 Å². The zero-order valence-electron chi connectivity index (χ0n) is 11.0. The van der Waals surface area contributed by atoms with E-state index in [-0.39, 0.29) is 0 Å². The van der Waals surface area contributed by atoms with E-state index in [4.69, 9.17) is 5.26 Å². The molecule has 1 fully saturated rings. The summed E-state index contributed by atoms with van der Waals surface area (Å²) in [6.07, 6.45) is 5.55. The minimum absolute atomic E-state index is 0.359. The Labute approximate surface area is 109 Å². The Kier molecular flexibility index (Phi) is 4.38. The van der Waals surface area contributed by atoms with Crippen LogP contribution in [0.5, 0.6) is 0 Å². The molecule has 18 heavy (non-hydrogen) atoms. The molecule has 0 spiro atoms. The lowest BCUT2D eigenvalue weighted by atomic mass is 9.76. The van der Waals surface area contributed by atoms with Gasteiger partial charge in [-0.1, -0.05) is 38.3 Å². The summed E-state index contributed by atoms with van der Waals surface area (Å²) < 4.78 is 0. The molecule has 1 N–H and O–H groups in total. The number of benzene rings is 1. The highest BCUT2D eigenvalue weighted by molar-refractivity contribution is 5.33. The first kappa shape index (κ1) is 13.1. The molecule has 0 saturated heterocycles. The topological polar surface area (TPSA) is 44.0 Å². The van der Waals surface area contributed by atoms with Crippen molar-refractivity contribution in [1.82, 2.24) is 0 Å². The number of hydrogen-bond acceptors (Lipinski definition) is 2. The van der Waals surface area contributed by atoms with Crippen molar-refractivity contribution in [3.63, 3.8) is 0 Å². The van der Waals surface area contributed by atoms with Crippen molar-refractivity contribution in [1.29, 1.82) is 5.26 Å². The quantitative estimate of drug-likeness (QED) is 0.877. The van der Waals surface area contributed by atoms with Crippen LogP contribution in [0.15, 0.2) is 24.3 Å². The number of rotatable bonds is 3. The van der Waals surface area contributed by atoms with Crippen molar-refractivity contribution in [2.45, 2.75) is 45.1 Å². The summed E-state index contributed by atoms with van der Waals surface area (Å²) in [6, 6.07) is 9.53. The summed E-state index contributed by atoms with van der Waals surface area (Å²) in [5, 5.41) is 19.4. The van der Waals surface area contributed by atoms with Crippen LogP contribution in [0.25, 0.3) is 0 Å². The molecule has 1 aromatic rings. The standard InChI is InChI=1S/C16H21NO/c1-2-12-5-3-7-14(9-12)16(18)15-8-4-6-13(10-15)11-17/h4,6,8,10,12,14,16,18H,2-3,5,7,9H2,1H3. The molecule has 1 aliphatic rings. The van der Waals surface area contributed by atoms with Gasteiger partial charge in [0.15, 0.2) is 0 Å². The average molecular weight is 243 g/mol. The van der Waals surface area contributed by atoms with Gasteiger partial charge in [0.1, 0.15) is 0 Å². The summed E-state index contributed by atoms with van der Waals surface area (Å²) in [4.78, 5) is 0. The Hall–Kier alpha value is -1.33. The van der Waals surface area contributed by atoms with Gasteiger partial charge in [0.05, 0.1) is 17.7 Å². The molecule has 0 aromatic heterocycles. The lowest BCUT2D eigenvalue weighted by Gasteiger charge is -2.32. The number of aliphatic hydroxyl groups is 1. The zero-order valence-corrected chi connectivity index (χ0v) is 11.0. The molecule has 96 valence electrons. The fourth-order valence-corrected chi connectivity index (χ4v) is 3.05. The highest BCUT2D eigenvalue weighted by Gasteiger charge is 2.27. The molecule has 0 bridgehead atoms. The molecule has 0 heterocycles. The van der Waals surface area contributed by atoms with Gasteiger partial charge in [0.25, 0.3) is 0 Å². The molecule has 2 rings (SSSR count). The predicted octanol–water partition coefficient (Wildman–Crippen LogP) is 3.81. The molecule has 3 atom stereocenters. The van der Waals surface area contributed by atoms with Gasteiger partial charge in [-0.3, -0.25) is 0 Å². The molecule has 2 heteroatoms. The van der Waals surface area contributed by atoms with E-state index < -0.39 is 6.10 Å². The van der Waals surface area contributed by atoms with E-state index in [1.807, 2.05) is 18.2 Å². The van der Waals surface area contributed by atoms with Crippen LogP contribution < -0.4 is 0 Å². The van der Waals surface area contributed by atoms with Gasteiger partial charge in [-0.15, -0.1) is 0 Å². The maximum Gasteiger partial charge on any atom is 0.0991 e. The van der Waals surface area contributed by atoms with Gasteiger partial charge < -0.3 is 5.11 Å². The molecule has 0 radical (unpaired) electrons. The van der Waals surface area contributed by atoms with Crippen molar-refractivity contribution in [3.05, 3.63) is 35.4 Å². The van der Waals surface area contributed by atoms with Crippen LogP contribution in [0.1, 0.15) is 56.3 Å². The Morgan fingerprint density at radius 1 is 1.44 bits per heavy atom. The minimum atomic E-state index is -0.410. The lowest BCUT2D eigenvalue weighted by molar-refractivity contribution is 0.0678. The van der Waals surface area contributed by atoms with Gasteiger partial charge in [0, 0.05) is 0 Å². The Bertz CT molecular complexity index is 435. The third-order valence-corrected chi connectivity index (χ3v) is 4.20. The van der Waals surface area contributed by atoms with Crippen LogP contribution in [-0.4, -0.2) is 5.11 Å². The number of nitriles is 1. The van der Waals surface area contributed by atoms with Gasteiger partial charge in [-0.2, -0.15) is 5.26 Å². The summed E-state index contributed by atoms with van der Waals surface area (Å²) in [5.41, 5.74) is 1.53. The molecule has 0 aliphatic heterocycles. The molecule has 1 aliphatic carbocycles. The minimum Gasteiger partial charge on any atom is -0.388 e. The maximum absolute atomic E-state index is 10.5. The summed E-state index contributed by atoms with van der Waals surface area (Å²) in [5.74, 6) is 1.12. The second-order valence-electron chi connectivity index (χ2n) is 5.38. The van der Waals surface area contributed by atoms with Gasteiger partial charge in [0.2, 0.25) is 0 Å². The predicted molar refractivity (Wildman–Crippen MR) is 71.9 cm³/mol. The van der Waals surface area contributed by atoms with Gasteiger partial charge in [-0.25, -0.2) is 0 Å². The van der Waals surface area contributed by atoms with Crippen molar-refractivity contribution in [2.75, 3.05) is 0 Å². The van der Waals surface area contributed by atoms with Crippen molar-refractivity contribution < 1.29 is 5.11 Å². The molecule has 2 nitrogen and oxygen atoms in total. The second-order valence-corrected chi connectivity index (χ2v) is 5.38. The fraction of sp³-hybridized carbons (Fsp3) is 0.562. The van der Waals surface area contributed by atoms with Crippen molar-refractivity contribution in [3.8, 4) is 6.07 Å². The summed E-state index contributed by atoms with van der Waals surface area (Å²) in [6.45, 7) is 2.23. The fourth-order valence-electron chi connectivity index (χ4n) is 3.05. The molecule has 1 aromatic carbocycles. The molecular weight excluding hydrogens is 222 g/mol. The van der Waals surface area contributed by atoms with E-state index >= 15 is 0 Å². The van der Waals surface area contributed by atoms with E-state index in [9.17, 15) is 5.11 Å². The van der Waals surface area contributed by atoms with Crippen LogP contribution in [0.4, 0.5) is 0 Å². The third-order valence-electron chi connectivity index (χ3n) is 4.20. The van der Waals surface area contributed by atoms with Gasteiger partial charge in [-0.05, 0) is 42.4 Å². The largest absolute Gasteiger partial charge is 0.388 e. The van der Waals surface area contributed by atoms with E-state index in [2.05, 4.69) is 13.0 Å². The monoisotopic (exact) mass is 243 g/mol. The maximum atomic E-state index is 10.5. The van der Waals surface area contributed by atoms with Gasteiger partial charge >= 0.3 is 0 Å². The number of hydrogen-bond donors (Lipinski definition) is 1. The molecule has 0 amide bonds. The number of nitrogens with zero attached hydrogens (tertiary/aromatic N) is 1. The van der Waals surface area contributed by atoms with Crippen LogP contribution in [-0.2, 0) is 0 Å². The molecule has 3 unspecified atom stereocenters. The summed E-state index contributed by atoms with van der Waals surface area (Å²) in [7, 11) is 0. The third kappa shape index (κ3) is 2.91. The SMILES string of the molecule is CCC1CCCC(C(O)c2cccc(C#N)c2)C1. The van der Waals surface area contributed by atoms with E-state index in [1.54, 1.807) is 6.07 Å². The highest BCUT2D eigenvalue weighted by Crippen LogP contribution is 2.38. The smallest absolute Gasteiger partial charge is 0.0991 e.